The average molecular weight is 298 g/mol. The van der Waals surface area contributed by atoms with E-state index in [4.69, 9.17) is 4.74 Å². The Morgan fingerprint density at radius 1 is 1.18 bits per heavy atom. The van der Waals surface area contributed by atoms with Gasteiger partial charge in [0.15, 0.2) is 0 Å². The highest BCUT2D eigenvalue weighted by Gasteiger charge is 2.24. The van der Waals surface area contributed by atoms with Crippen molar-refractivity contribution in [2.24, 2.45) is 0 Å². The number of phenols is 1. The quantitative estimate of drug-likeness (QED) is 0.592. The second-order valence-electron chi connectivity index (χ2n) is 4.93. The predicted octanol–water partition coefficient (Wildman–Crippen LogP) is 3.56. The van der Waals surface area contributed by atoms with E-state index in [1.165, 1.54) is 0 Å². The van der Waals surface area contributed by atoms with Crippen molar-refractivity contribution in [1.29, 1.82) is 0 Å². The van der Waals surface area contributed by atoms with Crippen LogP contribution in [0.4, 0.5) is 5.69 Å². The van der Waals surface area contributed by atoms with Gasteiger partial charge >= 0.3 is 0 Å². The van der Waals surface area contributed by atoms with Gasteiger partial charge in [0, 0.05) is 11.8 Å². The summed E-state index contributed by atoms with van der Waals surface area (Å²) in [4.78, 5) is 11.0. The molecule has 0 aliphatic carbocycles. The first-order valence-corrected chi connectivity index (χ1v) is 6.65. The maximum atomic E-state index is 11.4. The number of fused-ring (bicyclic) bond motifs is 1. The van der Waals surface area contributed by atoms with Crippen molar-refractivity contribution in [2.45, 2.75) is 6.92 Å². The Balaban J connectivity index is 2.39. The van der Waals surface area contributed by atoms with Crippen molar-refractivity contribution in [3.8, 4) is 17.2 Å². The maximum Gasteiger partial charge on any atom is 0.298 e. The first-order valence-electron chi connectivity index (χ1n) is 6.65. The Morgan fingerprint density at radius 2 is 1.86 bits per heavy atom. The number of hydrogen-bond acceptors (Lipinski definition) is 4. The Kier molecular flexibility index (Phi) is 3.21. The van der Waals surface area contributed by atoms with Gasteiger partial charge in [0.2, 0.25) is 0 Å². The van der Waals surface area contributed by atoms with E-state index in [9.17, 15) is 15.2 Å². The molecular weight excluding hydrogens is 284 g/mol. The van der Waals surface area contributed by atoms with Crippen LogP contribution in [0, 0.1) is 17.0 Å². The van der Waals surface area contributed by atoms with Gasteiger partial charge < -0.3 is 14.4 Å². The second kappa shape index (κ2) is 5.07. The third-order valence-electron chi connectivity index (χ3n) is 3.67. The summed E-state index contributed by atoms with van der Waals surface area (Å²) in [5, 5.41) is 21.4. The Bertz CT molecular complexity index is 866. The van der Waals surface area contributed by atoms with Crippen molar-refractivity contribution < 1.29 is 14.8 Å². The first kappa shape index (κ1) is 13.9. The highest BCUT2D eigenvalue weighted by Crippen LogP contribution is 2.36. The van der Waals surface area contributed by atoms with E-state index in [0.717, 1.165) is 5.69 Å². The van der Waals surface area contributed by atoms with Crippen LogP contribution >= 0.6 is 0 Å². The van der Waals surface area contributed by atoms with Crippen molar-refractivity contribution in [3.63, 3.8) is 0 Å². The molecule has 0 fully saturated rings. The summed E-state index contributed by atoms with van der Waals surface area (Å²) in [5.41, 5.74) is 2.03. The third-order valence-corrected chi connectivity index (χ3v) is 3.67. The lowest BCUT2D eigenvalue weighted by atomic mass is 10.2. The molecule has 2 aromatic carbocycles. The molecule has 1 N–H and O–H groups in total. The maximum absolute atomic E-state index is 11.4. The number of methoxy groups -OCH3 is 1. The summed E-state index contributed by atoms with van der Waals surface area (Å²) < 4.78 is 7.01. The lowest BCUT2D eigenvalue weighted by Gasteiger charge is -2.08. The molecule has 0 aliphatic heterocycles. The van der Waals surface area contributed by atoms with Crippen LogP contribution in [0.25, 0.3) is 16.6 Å². The zero-order valence-corrected chi connectivity index (χ0v) is 12.1. The smallest absolute Gasteiger partial charge is 0.298 e. The van der Waals surface area contributed by atoms with E-state index in [2.05, 4.69) is 0 Å². The van der Waals surface area contributed by atoms with Gasteiger partial charge in [-0.1, -0.05) is 0 Å². The SMILES string of the molecule is COc1ccc2c([N+](=O)[O-])c(C)n(-c3ccc(O)cc3)c2c1. The molecule has 0 spiro atoms. The predicted molar refractivity (Wildman–Crippen MR) is 82.9 cm³/mol. The zero-order valence-electron chi connectivity index (χ0n) is 12.1. The summed E-state index contributed by atoms with van der Waals surface area (Å²) in [6.07, 6.45) is 0. The van der Waals surface area contributed by atoms with Gasteiger partial charge in [-0.3, -0.25) is 10.1 Å². The highest BCUT2D eigenvalue weighted by atomic mass is 16.6. The zero-order chi connectivity index (χ0) is 15.9. The van der Waals surface area contributed by atoms with Crippen LogP contribution < -0.4 is 4.74 Å². The van der Waals surface area contributed by atoms with E-state index in [1.807, 2.05) is 0 Å². The Hall–Kier alpha value is -3.02. The van der Waals surface area contributed by atoms with Crippen LogP contribution in [0.3, 0.4) is 0 Å². The molecule has 0 radical (unpaired) electrons. The first-order chi connectivity index (χ1) is 10.5. The van der Waals surface area contributed by atoms with Crippen molar-refractivity contribution in [2.75, 3.05) is 7.11 Å². The van der Waals surface area contributed by atoms with E-state index >= 15 is 0 Å². The Morgan fingerprint density at radius 3 is 2.45 bits per heavy atom. The fourth-order valence-corrected chi connectivity index (χ4v) is 2.67. The molecule has 0 bridgehead atoms. The monoisotopic (exact) mass is 298 g/mol. The molecule has 0 saturated heterocycles. The van der Waals surface area contributed by atoms with E-state index < -0.39 is 0 Å². The molecule has 1 aromatic heterocycles. The van der Waals surface area contributed by atoms with Crippen LogP contribution in [0.5, 0.6) is 11.5 Å². The summed E-state index contributed by atoms with van der Waals surface area (Å²) in [6.45, 7) is 1.71. The van der Waals surface area contributed by atoms with Gasteiger partial charge in [-0.25, -0.2) is 0 Å². The van der Waals surface area contributed by atoms with Gasteiger partial charge in [0.1, 0.15) is 11.5 Å². The number of aromatic hydroxyl groups is 1. The fourth-order valence-electron chi connectivity index (χ4n) is 2.67. The normalized spacial score (nSPS) is 10.8. The molecule has 6 heteroatoms. The van der Waals surface area contributed by atoms with E-state index in [1.54, 1.807) is 61.1 Å². The molecule has 0 atom stereocenters. The molecule has 3 aromatic rings. The summed E-state index contributed by atoms with van der Waals surface area (Å²) >= 11 is 0. The minimum absolute atomic E-state index is 0.0747. The molecule has 0 unspecified atom stereocenters. The van der Waals surface area contributed by atoms with Crippen LogP contribution in [0.15, 0.2) is 42.5 Å². The lowest BCUT2D eigenvalue weighted by molar-refractivity contribution is -0.383. The largest absolute Gasteiger partial charge is 0.508 e. The van der Waals surface area contributed by atoms with Crippen LogP contribution in [0.2, 0.25) is 0 Å². The van der Waals surface area contributed by atoms with Crippen molar-refractivity contribution in [1.82, 2.24) is 4.57 Å². The number of rotatable bonds is 3. The molecule has 6 nitrogen and oxygen atoms in total. The van der Waals surface area contributed by atoms with Gasteiger partial charge in [-0.05, 0) is 43.3 Å². The molecule has 22 heavy (non-hydrogen) atoms. The highest BCUT2D eigenvalue weighted by molar-refractivity contribution is 5.93. The van der Waals surface area contributed by atoms with Crippen molar-refractivity contribution in [3.05, 3.63) is 58.3 Å². The van der Waals surface area contributed by atoms with Crippen LogP contribution in [-0.4, -0.2) is 21.7 Å². The topological polar surface area (TPSA) is 77.5 Å². The number of nitrogens with zero attached hydrogens (tertiary/aromatic N) is 2. The number of aromatic nitrogens is 1. The molecule has 1 heterocycles. The number of nitro groups is 1. The molecule has 0 aliphatic rings. The summed E-state index contributed by atoms with van der Waals surface area (Å²) in [7, 11) is 1.55. The summed E-state index contributed by atoms with van der Waals surface area (Å²) in [5.74, 6) is 0.768. The van der Waals surface area contributed by atoms with Crippen LogP contribution in [0.1, 0.15) is 5.69 Å². The van der Waals surface area contributed by atoms with Gasteiger partial charge in [0.25, 0.3) is 5.69 Å². The number of phenolic OH excluding ortho intramolecular Hbond substituents is 1. The Labute approximate surface area is 126 Å². The minimum Gasteiger partial charge on any atom is -0.508 e. The van der Waals surface area contributed by atoms with E-state index in [-0.39, 0.29) is 16.4 Å². The average Bonchev–Trinajstić information content (AvgIpc) is 2.79. The van der Waals surface area contributed by atoms with Crippen molar-refractivity contribution >= 4 is 16.6 Å². The molecule has 112 valence electrons. The van der Waals surface area contributed by atoms with E-state index in [0.29, 0.717) is 22.3 Å². The van der Waals surface area contributed by atoms with Gasteiger partial charge in [0.05, 0.1) is 28.6 Å². The lowest BCUT2D eigenvalue weighted by Crippen LogP contribution is -1.97. The molecule has 0 saturated carbocycles. The van der Waals surface area contributed by atoms with Gasteiger partial charge in [-0.2, -0.15) is 0 Å². The molecular formula is C16H14N2O4. The van der Waals surface area contributed by atoms with Crippen LogP contribution in [-0.2, 0) is 0 Å². The summed E-state index contributed by atoms with van der Waals surface area (Å²) in [6, 6.07) is 11.7. The fraction of sp³-hybridized carbons (Fsp3) is 0.125. The number of benzene rings is 2. The minimum atomic E-state index is -0.374. The number of hydrogen-bond donors (Lipinski definition) is 1. The molecule has 3 rings (SSSR count). The standard InChI is InChI=1S/C16H14N2O4/c1-10-16(18(20)21)14-8-7-13(22-2)9-15(14)17(10)11-3-5-12(19)6-4-11/h3-9,19H,1-2H3. The third kappa shape index (κ3) is 2.05. The number of ether oxygens (including phenoxy) is 1. The molecule has 0 amide bonds. The van der Waals surface area contributed by atoms with Gasteiger partial charge in [-0.15, -0.1) is 0 Å². The second-order valence-corrected chi connectivity index (χ2v) is 4.93.